The third kappa shape index (κ3) is 4.90. The Morgan fingerprint density at radius 1 is 1.38 bits per heavy atom. The number of ether oxygens (including phenoxy) is 1. The molecule has 26 heavy (non-hydrogen) atoms. The van der Waals surface area contributed by atoms with Crippen LogP contribution in [0.2, 0.25) is 0 Å². The van der Waals surface area contributed by atoms with Gasteiger partial charge in [0.25, 0.3) is 5.91 Å². The van der Waals surface area contributed by atoms with Crippen molar-refractivity contribution in [2.24, 2.45) is 0 Å². The predicted molar refractivity (Wildman–Crippen MR) is 95.1 cm³/mol. The Balaban J connectivity index is 2.17. The van der Waals surface area contributed by atoms with E-state index in [0.717, 1.165) is 4.31 Å². The van der Waals surface area contributed by atoms with Crippen molar-refractivity contribution < 1.29 is 22.5 Å². The van der Waals surface area contributed by atoms with Crippen molar-refractivity contribution in [1.29, 1.82) is 0 Å². The van der Waals surface area contributed by atoms with Crippen LogP contribution in [0, 0.1) is 6.92 Å². The standard InChI is InChI=1S/C17H23N3O5S/c1-12-8-15(25-19-12)10-20(3)26(22,23)16-7-5-6-14(9-16)17(21)18-13(2)11-24-4/h5-9,13H,10-11H2,1-4H3,(H,18,21)/t13-/m0/s1. The summed E-state index contributed by atoms with van der Waals surface area (Å²) >= 11 is 0. The molecule has 1 heterocycles. The minimum Gasteiger partial charge on any atom is -0.383 e. The van der Waals surface area contributed by atoms with Gasteiger partial charge < -0.3 is 14.6 Å². The summed E-state index contributed by atoms with van der Waals surface area (Å²) in [7, 11) is -0.793. The monoisotopic (exact) mass is 381 g/mol. The van der Waals surface area contributed by atoms with Gasteiger partial charge in [0.15, 0.2) is 5.76 Å². The van der Waals surface area contributed by atoms with E-state index in [0.29, 0.717) is 18.1 Å². The van der Waals surface area contributed by atoms with E-state index in [2.05, 4.69) is 10.5 Å². The van der Waals surface area contributed by atoms with Crippen molar-refractivity contribution >= 4 is 15.9 Å². The summed E-state index contributed by atoms with van der Waals surface area (Å²) in [4.78, 5) is 12.3. The van der Waals surface area contributed by atoms with Crippen LogP contribution in [0.25, 0.3) is 0 Å². The van der Waals surface area contributed by atoms with Gasteiger partial charge in [0.2, 0.25) is 10.0 Å². The van der Waals surface area contributed by atoms with Gasteiger partial charge in [-0.3, -0.25) is 4.79 Å². The number of carbonyl (C=O) groups excluding carboxylic acids is 1. The lowest BCUT2D eigenvalue weighted by Gasteiger charge is -2.17. The molecular weight excluding hydrogens is 358 g/mol. The number of hydrogen-bond donors (Lipinski definition) is 1. The van der Waals surface area contributed by atoms with Crippen LogP contribution >= 0.6 is 0 Å². The van der Waals surface area contributed by atoms with E-state index in [1.807, 2.05) is 0 Å². The molecule has 0 bridgehead atoms. The molecule has 1 aromatic heterocycles. The Hall–Kier alpha value is -2.23. The Kier molecular flexibility index (Phi) is 6.52. The molecule has 8 nitrogen and oxygen atoms in total. The molecule has 0 unspecified atom stereocenters. The number of hydrogen-bond acceptors (Lipinski definition) is 6. The molecule has 1 N–H and O–H groups in total. The number of sulfonamides is 1. The molecule has 1 aromatic carbocycles. The van der Waals surface area contributed by atoms with Crippen LogP contribution in [0.1, 0.15) is 28.7 Å². The number of methoxy groups -OCH3 is 1. The number of nitrogens with zero attached hydrogens (tertiary/aromatic N) is 2. The van der Waals surface area contributed by atoms with Crippen LogP contribution in [0.3, 0.4) is 0 Å². The van der Waals surface area contributed by atoms with Crippen molar-refractivity contribution in [3.05, 3.63) is 47.3 Å². The van der Waals surface area contributed by atoms with E-state index in [-0.39, 0.29) is 29.0 Å². The Morgan fingerprint density at radius 3 is 2.73 bits per heavy atom. The Labute approximate surface area is 153 Å². The van der Waals surface area contributed by atoms with Crippen LogP contribution in [-0.2, 0) is 21.3 Å². The van der Waals surface area contributed by atoms with Crippen LogP contribution in [0.5, 0.6) is 0 Å². The summed E-state index contributed by atoms with van der Waals surface area (Å²) in [6.07, 6.45) is 0. The molecule has 2 rings (SSSR count). The molecule has 0 aliphatic carbocycles. The van der Waals surface area contributed by atoms with Gasteiger partial charge in [0.1, 0.15) is 0 Å². The average Bonchev–Trinajstić information content (AvgIpc) is 3.00. The summed E-state index contributed by atoms with van der Waals surface area (Å²) < 4.78 is 36.7. The minimum absolute atomic E-state index is 0.0308. The van der Waals surface area contributed by atoms with E-state index >= 15 is 0 Å². The van der Waals surface area contributed by atoms with E-state index < -0.39 is 10.0 Å². The van der Waals surface area contributed by atoms with Gasteiger partial charge >= 0.3 is 0 Å². The molecule has 1 amide bonds. The van der Waals surface area contributed by atoms with Gasteiger partial charge in [-0.25, -0.2) is 8.42 Å². The second kappa shape index (κ2) is 8.43. The largest absolute Gasteiger partial charge is 0.383 e. The van der Waals surface area contributed by atoms with Crippen molar-refractivity contribution in [3.63, 3.8) is 0 Å². The fraction of sp³-hybridized carbons (Fsp3) is 0.412. The van der Waals surface area contributed by atoms with E-state index in [4.69, 9.17) is 9.26 Å². The number of rotatable bonds is 8. The lowest BCUT2D eigenvalue weighted by Crippen LogP contribution is -2.35. The van der Waals surface area contributed by atoms with Gasteiger partial charge in [-0.2, -0.15) is 4.31 Å². The second-order valence-electron chi connectivity index (χ2n) is 6.05. The molecule has 0 fully saturated rings. The van der Waals surface area contributed by atoms with Crippen LogP contribution in [-0.4, -0.2) is 50.6 Å². The third-order valence-corrected chi connectivity index (χ3v) is 5.45. The molecule has 9 heteroatoms. The molecule has 0 aliphatic heterocycles. The minimum atomic E-state index is -3.78. The Morgan fingerprint density at radius 2 is 2.12 bits per heavy atom. The first-order chi connectivity index (χ1) is 12.2. The lowest BCUT2D eigenvalue weighted by molar-refractivity contribution is 0.0905. The average molecular weight is 381 g/mol. The second-order valence-corrected chi connectivity index (χ2v) is 8.10. The molecule has 2 aromatic rings. The zero-order chi connectivity index (χ0) is 19.3. The first kappa shape index (κ1) is 20.1. The van der Waals surface area contributed by atoms with Crippen LogP contribution in [0.15, 0.2) is 39.8 Å². The lowest BCUT2D eigenvalue weighted by atomic mass is 10.2. The molecule has 142 valence electrons. The molecule has 0 saturated carbocycles. The molecule has 0 spiro atoms. The number of nitrogens with one attached hydrogen (secondary N) is 1. The summed E-state index contributed by atoms with van der Waals surface area (Å²) in [5.74, 6) is 0.0796. The number of aryl methyl sites for hydroxylation is 1. The number of carbonyl (C=O) groups is 1. The van der Waals surface area contributed by atoms with Gasteiger partial charge in [0.05, 0.1) is 23.7 Å². The van der Waals surface area contributed by atoms with Gasteiger partial charge in [-0.1, -0.05) is 11.2 Å². The number of aromatic nitrogens is 1. The highest BCUT2D eigenvalue weighted by molar-refractivity contribution is 7.89. The zero-order valence-electron chi connectivity index (χ0n) is 15.2. The Bertz CT molecular complexity index is 863. The van der Waals surface area contributed by atoms with Crippen molar-refractivity contribution in [2.75, 3.05) is 20.8 Å². The van der Waals surface area contributed by atoms with Gasteiger partial charge in [-0.15, -0.1) is 0 Å². The van der Waals surface area contributed by atoms with Crippen molar-refractivity contribution in [2.45, 2.75) is 31.3 Å². The number of benzene rings is 1. The van der Waals surface area contributed by atoms with E-state index in [1.54, 1.807) is 33.1 Å². The maximum Gasteiger partial charge on any atom is 0.251 e. The zero-order valence-corrected chi connectivity index (χ0v) is 16.0. The van der Waals surface area contributed by atoms with Gasteiger partial charge in [0, 0.05) is 31.8 Å². The third-order valence-electron chi connectivity index (χ3n) is 3.65. The summed E-state index contributed by atoms with van der Waals surface area (Å²) in [5, 5.41) is 6.50. The molecule has 1 atom stereocenters. The van der Waals surface area contributed by atoms with Crippen LogP contribution < -0.4 is 5.32 Å². The summed E-state index contributed by atoms with van der Waals surface area (Å²) in [6.45, 7) is 3.97. The maximum absolute atomic E-state index is 12.8. The highest BCUT2D eigenvalue weighted by Crippen LogP contribution is 2.18. The topological polar surface area (TPSA) is 102 Å². The van der Waals surface area contributed by atoms with Gasteiger partial charge in [-0.05, 0) is 32.0 Å². The normalized spacial score (nSPS) is 13.0. The molecule has 0 saturated heterocycles. The van der Waals surface area contributed by atoms with Crippen molar-refractivity contribution in [1.82, 2.24) is 14.8 Å². The smallest absolute Gasteiger partial charge is 0.251 e. The highest BCUT2D eigenvalue weighted by Gasteiger charge is 2.23. The quantitative estimate of drug-likeness (QED) is 0.745. The fourth-order valence-corrected chi connectivity index (χ4v) is 3.56. The van der Waals surface area contributed by atoms with Crippen LogP contribution in [0.4, 0.5) is 0 Å². The number of amides is 1. The van der Waals surface area contributed by atoms with E-state index in [1.165, 1.54) is 25.2 Å². The molecule has 0 radical (unpaired) electrons. The SMILES string of the molecule is COC[C@H](C)NC(=O)c1cccc(S(=O)(=O)N(C)Cc2cc(C)no2)c1. The van der Waals surface area contributed by atoms with E-state index in [9.17, 15) is 13.2 Å². The summed E-state index contributed by atoms with van der Waals surface area (Å²) in [5.41, 5.74) is 0.938. The van der Waals surface area contributed by atoms with Crippen molar-refractivity contribution in [3.8, 4) is 0 Å². The molecular formula is C17H23N3O5S. The fourth-order valence-electron chi connectivity index (χ4n) is 2.37. The highest BCUT2D eigenvalue weighted by atomic mass is 32.2. The molecule has 0 aliphatic rings. The first-order valence-electron chi connectivity index (χ1n) is 8.02. The summed E-state index contributed by atoms with van der Waals surface area (Å²) in [6, 6.07) is 7.39. The maximum atomic E-state index is 12.8. The predicted octanol–water partition coefficient (Wildman–Crippen LogP) is 1.57. The first-order valence-corrected chi connectivity index (χ1v) is 9.46.